The van der Waals surface area contributed by atoms with Gasteiger partial charge in [0.05, 0.1) is 4.92 Å². The van der Waals surface area contributed by atoms with Crippen molar-refractivity contribution in [3.05, 3.63) is 62.9 Å². The van der Waals surface area contributed by atoms with Crippen molar-refractivity contribution in [3.63, 3.8) is 0 Å². The molecule has 7 heteroatoms. The Morgan fingerprint density at radius 2 is 2.10 bits per heavy atom. The lowest BCUT2D eigenvalue weighted by atomic mass is 10.2. The van der Waals surface area contributed by atoms with E-state index in [2.05, 4.69) is 10.3 Å². The molecule has 0 spiro atoms. The van der Waals surface area contributed by atoms with Crippen LogP contribution >= 0.6 is 11.6 Å². The number of nitro benzene ring substituents is 1. The third-order valence-corrected chi connectivity index (χ3v) is 3.01. The van der Waals surface area contributed by atoms with E-state index < -0.39 is 10.8 Å². The van der Waals surface area contributed by atoms with E-state index in [1.54, 1.807) is 12.1 Å². The maximum Gasteiger partial charge on any atom is 0.292 e. The fourth-order valence-electron chi connectivity index (χ4n) is 1.80. The van der Waals surface area contributed by atoms with Gasteiger partial charge >= 0.3 is 0 Å². The minimum absolute atomic E-state index is 0.137. The van der Waals surface area contributed by atoms with E-state index in [0.29, 0.717) is 17.7 Å². The van der Waals surface area contributed by atoms with Crippen LogP contribution in [0.25, 0.3) is 0 Å². The summed E-state index contributed by atoms with van der Waals surface area (Å²) in [6.45, 7) is 1.89. The predicted octanol–water partition coefficient (Wildman–Crippen LogP) is 3.46. The van der Waals surface area contributed by atoms with Gasteiger partial charge in [0.2, 0.25) is 0 Å². The Morgan fingerprint density at radius 3 is 2.76 bits per heavy atom. The smallest absolute Gasteiger partial charge is 0.292 e. The number of aromatic nitrogens is 1. The summed E-state index contributed by atoms with van der Waals surface area (Å²) in [5, 5.41) is 13.6. The number of hydrogen-bond donors (Lipinski definition) is 1. The highest BCUT2D eigenvalue weighted by Gasteiger charge is 2.16. The summed E-state index contributed by atoms with van der Waals surface area (Å²) in [5.41, 5.74) is 0.959. The molecule has 108 valence electrons. The Morgan fingerprint density at radius 1 is 1.38 bits per heavy atom. The van der Waals surface area contributed by atoms with E-state index >= 15 is 0 Å². The molecule has 1 amide bonds. The Hall–Kier alpha value is -2.47. The van der Waals surface area contributed by atoms with E-state index in [-0.39, 0.29) is 16.5 Å². The van der Waals surface area contributed by atoms with E-state index in [1.165, 1.54) is 24.3 Å². The number of carbonyl (C=O) groups excluding carboxylic acids is 1. The van der Waals surface area contributed by atoms with Crippen LogP contribution in [0.15, 0.2) is 36.4 Å². The highest BCUT2D eigenvalue weighted by molar-refractivity contribution is 6.29. The van der Waals surface area contributed by atoms with Gasteiger partial charge in [-0.15, -0.1) is 0 Å². The quantitative estimate of drug-likeness (QED) is 0.532. The van der Waals surface area contributed by atoms with Crippen LogP contribution in [0.1, 0.15) is 23.0 Å². The molecule has 0 unspecified atom stereocenters. The number of amides is 1. The van der Waals surface area contributed by atoms with Gasteiger partial charge in [0.15, 0.2) is 0 Å². The highest BCUT2D eigenvalue weighted by atomic mass is 35.5. The maximum atomic E-state index is 12.2. The normalized spacial score (nSPS) is 10.2. The zero-order chi connectivity index (χ0) is 15.4. The first-order valence-electron chi connectivity index (χ1n) is 6.22. The molecule has 0 aliphatic rings. The number of hydrogen-bond acceptors (Lipinski definition) is 4. The summed E-state index contributed by atoms with van der Waals surface area (Å²) in [7, 11) is 0. The first-order chi connectivity index (χ1) is 10.0. The van der Waals surface area contributed by atoms with Crippen LogP contribution in [0.4, 0.5) is 11.4 Å². The van der Waals surface area contributed by atoms with Crippen LogP contribution in [0.3, 0.4) is 0 Å². The first-order valence-corrected chi connectivity index (χ1v) is 6.60. The molecule has 1 aromatic carbocycles. The van der Waals surface area contributed by atoms with Crippen molar-refractivity contribution in [2.24, 2.45) is 0 Å². The Bertz CT molecular complexity index is 704. The van der Waals surface area contributed by atoms with Crippen molar-refractivity contribution in [3.8, 4) is 0 Å². The molecule has 0 aliphatic carbocycles. The average Bonchev–Trinajstić information content (AvgIpc) is 2.46. The van der Waals surface area contributed by atoms with Crippen molar-refractivity contribution in [2.75, 3.05) is 5.32 Å². The van der Waals surface area contributed by atoms with Crippen molar-refractivity contribution in [1.29, 1.82) is 0 Å². The lowest BCUT2D eigenvalue weighted by molar-refractivity contribution is -0.383. The van der Waals surface area contributed by atoms with Crippen LogP contribution in [0.2, 0.25) is 5.15 Å². The molecule has 0 aliphatic heterocycles. The van der Waals surface area contributed by atoms with Gasteiger partial charge in [0.1, 0.15) is 10.8 Å². The number of nitrogens with one attached hydrogen (secondary N) is 1. The number of benzene rings is 1. The second-order valence-corrected chi connectivity index (χ2v) is 4.64. The van der Waals surface area contributed by atoms with Crippen molar-refractivity contribution in [2.45, 2.75) is 13.3 Å². The van der Waals surface area contributed by atoms with Gasteiger partial charge in [0.25, 0.3) is 11.6 Å². The van der Waals surface area contributed by atoms with Crippen molar-refractivity contribution >= 4 is 28.9 Å². The van der Waals surface area contributed by atoms with E-state index in [0.717, 1.165) is 0 Å². The SMILES string of the molecule is CCc1cc(C(=O)Nc2ccccc2[N+](=O)[O-])cc(Cl)n1. The fourth-order valence-corrected chi connectivity index (χ4v) is 2.02. The standard InChI is InChI=1S/C14H12ClN3O3/c1-2-10-7-9(8-13(15)16-10)14(19)17-11-5-3-4-6-12(11)18(20)21/h3-8H,2H2,1H3,(H,17,19). The van der Waals surface area contributed by atoms with Crippen LogP contribution in [-0.2, 0) is 6.42 Å². The van der Waals surface area contributed by atoms with Crippen LogP contribution in [0, 0.1) is 10.1 Å². The van der Waals surface area contributed by atoms with Gasteiger partial charge < -0.3 is 5.32 Å². The molecule has 2 rings (SSSR count). The van der Waals surface area contributed by atoms with Crippen molar-refractivity contribution in [1.82, 2.24) is 4.98 Å². The van der Waals surface area contributed by atoms with Crippen LogP contribution < -0.4 is 5.32 Å². The van der Waals surface area contributed by atoms with Gasteiger partial charge in [0, 0.05) is 17.3 Å². The number of carbonyl (C=O) groups is 1. The monoisotopic (exact) mass is 305 g/mol. The van der Waals surface area contributed by atoms with E-state index in [9.17, 15) is 14.9 Å². The van der Waals surface area contributed by atoms with Gasteiger partial charge in [-0.05, 0) is 24.6 Å². The summed E-state index contributed by atoms with van der Waals surface area (Å²) in [6, 6.07) is 8.97. The zero-order valence-electron chi connectivity index (χ0n) is 11.2. The molecule has 0 fully saturated rings. The molecule has 0 atom stereocenters. The van der Waals surface area contributed by atoms with Crippen LogP contribution in [-0.4, -0.2) is 15.8 Å². The average molecular weight is 306 g/mol. The van der Waals surface area contributed by atoms with Crippen LogP contribution in [0.5, 0.6) is 0 Å². The molecular weight excluding hydrogens is 294 g/mol. The second kappa shape index (κ2) is 6.32. The fraction of sp³-hybridized carbons (Fsp3) is 0.143. The summed E-state index contributed by atoms with van der Waals surface area (Å²) >= 11 is 5.86. The number of pyridine rings is 1. The summed E-state index contributed by atoms with van der Waals surface area (Å²) in [6.07, 6.45) is 0.631. The highest BCUT2D eigenvalue weighted by Crippen LogP contribution is 2.24. The molecular formula is C14H12ClN3O3. The first kappa shape index (κ1) is 14.9. The van der Waals surface area contributed by atoms with Gasteiger partial charge in [-0.2, -0.15) is 0 Å². The lowest BCUT2D eigenvalue weighted by Gasteiger charge is -2.07. The Labute approximate surface area is 125 Å². The summed E-state index contributed by atoms with van der Waals surface area (Å²) in [4.78, 5) is 26.6. The largest absolute Gasteiger partial charge is 0.316 e. The minimum atomic E-state index is -0.549. The topological polar surface area (TPSA) is 85.1 Å². The number of aryl methyl sites for hydroxylation is 1. The number of para-hydroxylation sites is 2. The molecule has 21 heavy (non-hydrogen) atoms. The van der Waals surface area contributed by atoms with Crippen molar-refractivity contribution < 1.29 is 9.72 Å². The maximum absolute atomic E-state index is 12.2. The molecule has 6 nitrogen and oxygen atoms in total. The molecule has 1 heterocycles. The molecule has 2 aromatic rings. The molecule has 0 bridgehead atoms. The van der Waals surface area contributed by atoms with Gasteiger partial charge in [-0.25, -0.2) is 4.98 Å². The third-order valence-electron chi connectivity index (χ3n) is 2.82. The molecule has 1 N–H and O–H groups in total. The third kappa shape index (κ3) is 3.55. The number of nitro groups is 1. The number of halogens is 1. The number of rotatable bonds is 4. The second-order valence-electron chi connectivity index (χ2n) is 4.25. The predicted molar refractivity (Wildman–Crippen MR) is 79.7 cm³/mol. The van der Waals surface area contributed by atoms with E-state index in [4.69, 9.17) is 11.6 Å². The molecule has 0 saturated carbocycles. The zero-order valence-corrected chi connectivity index (χ0v) is 11.9. The minimum Gasteiger partial charge on any atom is -0.316 e. The molecule has 0 saturated heterocycles. The van der Waals surface area contributed by atoms with Gasteiger partial charge in [-0.1, -0.05) is 30.7 Å². The van der Waals surface area contributed by atoms with Gasteiger partial charge in [-0.3, -0.25) is 14.9 Å². The Kier molecular flexibility index (Phi) is 4.49. The number of nitrogens with zero attached hydrogens (tertiary/aromatic N) is 2. The number of anilines is 1. The van der Waals surface area contributed by atoms with E-state index in [1.807, 2.05) is 6.92 Å². The Balaban J connectivity index is 2.30. The summed E-state index contributed by atoms with van der Waals surface area (Å²) < 4.78 is 0. The summed E-state index contributed by atoms with van der Waals surface area (Å²) in [5.74, 6) is -0.469. The molecule has 0 radical (unpaired) electrons. The molecule has 1 aromatic heterocycles. The lowest BCUT2D eigenvalue weighted by Crippen LogP contribution is -2.13.